The molecule has 1 aliphatic heterocycles. The molecule has 2 heterocycles. The van der Waals surface area contributed by atoms with Crippen LogP contribution in [0, 0.1) is 0 Å². The molecule has 0 radical (unpaired) electrons. The zero-order valence-electron chi connectivity index (χ0n) is 12.6. The van der Waals surface area contributed by atoms with E-state index >= 15 is 0 Å². The van der Waals surface area contributed by atoms with Crippen LogP contribution in [0.15, 0.2) is 10.6 Å². The van der Waals surface area contributed by atoms with Gasteiger partial charge < -0.3 is 9.52 Å². The number of hydrogen-bond donors (Lipinski definition) is 1. The van der Waals surface area contributed by atoms with E-state index in [1.165, 1.54) is 0 Å². The number of rotatable bonds is 2. The minimum absolute atomic E-state index is 0.00765. The monoisotopic (exact) mass is 266 g/mol. The molecule has 0 amide bonds. The SMILES string of the molecule is CC1(O)CCCN(Cc2ncc(C(C)(C)C)o2)CC1. The molecule has 2 rings (SSSR count). The van der Waals surface area contributed by atoms with Gasteiger partial charge in [0, 0.05) is 12.0 Å². The van der Waals surface area contributed by atoms with Crippen molar-refractivity contribution in [3.63, 3.8) is 0 Å². The van der Waals surface area contributed by atoms with Crippen molar-refractivity contribution < 1.29 is 9.52 Å². The molecule has 0 aliphatic carbocycles. The summed E-state index contributed by atoms with van der Waals surface area (Å²) in [5.41, 5.74) is -0.504. The molecule has 1 aromatic rings. The zero-order chi connectivity index (χ0) is 14.1. The van der Waals surface area contributed by atoms with Crippen molar-refractivity contribution in [1.82, 2.24) is 9.88 Å². The molecular weight excluding hydrogens is 240 g/mol. The van der Waals surface area contributed by atoms with Crippen molar-refractivity contribution >= 4 is 0 Å². The molecule has 0 spiro atoms. The van der Waals surface area contributed by atoms with Crippen LogP contribution in [0.5, 0.6) is 0 Å². The van der Waals surface area contributed by atoms with Crippen LogP contribution >= 0.6 is 0 Å². The van der Waals surface area contributed by atoms with Gasteiger partial charge in [-0.1, -0.05) is 20.8 Å². The summed E-state index contributed by atoms with van der Waals surface area (Å²) in [4.78, 5) is 6.69. The highest BCUT2D eigenvalue weighted by Gasteiger charge is 2.26. The maximum absolute atomic E-state index is 10.1. The van der Waals surface area contributed by atoms with Gasteiger partial charge in [-0.15, -0.1) is 0 Å². The first-order valence-electron chi connectivity index (χ1n) is 7.16. The Bertz CT molecular complexity index is 418. The standard InChI is InChI=1S/C15H26N2O2/c1-14(2,3)12-10-16-13(19-12)11-17-8-5-6-15(4,18)7-9-17/h10,18H,5-9,11H2,1-4H3. The Hall–Kier alpha value is -0.870. The van der Waals surface area contributed by atoms with Gasteiger partial charge in [0.15, 0.2) is 0 Å². The lowest BCUT2D eigenvalue weighted by Crippen LogP contribution is -2.28. The van der Waals surface area contributed by atoms with Crippen LogP contribution in [0.1, 0.15) is 58.6 Å². The van der Waals surface area contributed by atoms with E-state index in [9.17, 15) is 5.11 Å². The third-order valence-electron chi connectivity index (χ3n) is 3.81. The number of hydrogen-bond acceptors (Lipinski definition) is 4. The van der Waals surface area contributed by atoms with Crippen LogP contribution in [0.2, 0.25) is 0 Å². The van der Waals surface area contributed by atoms with Crippen molar-refractivity contribution in [2.24, 2.45) is 0 Å². The first kappa shape index (κ1) is 14.5. The Balaban J connectivity index is 1.96. The summed E-state index contributed by atoms with van der Waals surface area (Å²) in [5, 5.41) is 10.1. The van der Waals surface area contributed by atoms with Gasteiger partial charge in [-0.2, -0.15) is 0 Å². The van der Waals surface area contributed by atoms with Crippen molar-refractivity contribution in [1.29, 1.82) is 0 Å². The molecule has 0 bridgehead atoms. The molecular formula is C15H26N2O2. The summed E-state index contributed by atoms with van der Waals surface area (Å²) in [6.45, 7) is 11.0. The molecule has 1 unspecified atom stereocenters. The summed E-state index contributed by atoms with van der Waals surface area (Å²) in [5.74, 6) is 1.72. The fraction of sp³-hybridized carbons (Fsp3) is 0.800. The third-order valence-corrected chi connectivity index (χ3v) is 3.81. The number of likely N-dealkylation sites (tertiary alicyclic amines) is 1. The largest absolute Gasteiger partial charge is 0.444 e. The van der Waals surface area contributed by atoms with E-state index in [1.54, 1.807) is 0 Å². The van der Waals surface area contributed by atoms with Crippen LogP contribution in [0.4, 0.5) is 0 Å². The number of aromatic nitrogens is 1. The summed E-state index contributed by atoms with van der Waals surface area (Å²) in [7, 11) is 0. The average molecular weight is 266 g/mol. The summed E-state index contributed by atoms with van der Waals surface area (Å²) in [6.07, 6.45) is 4.56. The predicted octanol–water partition coefficient (Wildman–Crippen LogP) is 2.71. The van der Waals surface area contributed by atoms with Gasteiger partial charge in [-0.25, -0.2) is 4.98 Å². The van der Waals surface area contributed by atoms with E-state index in [-0.39, 0.29) is 5.41 Å². The van der Waals surface area contributed by atoms with Crippen molar-refractivity contribution in [2.75, 3.05) is 13.1 Å². The second kappa shape index (κ2) is 5.25. The Kier molecular flexibility index (Phi) is 4.02. The van der Waals surface area contributed by atoms with E-state index in [0.717, 1.165) is 50.5 Å². The van der Waals surface area contributed by atoms with Crippen molar-refractivity contribution in [2.45, 2.75) is 64.5 Å². The van der Waals surface area contributed by atoms with Gasteiger partial charge in [-0.3, -0.25) is 4.90 Å². The molecule has 1 atom stereocenters. The van der Waals surface area contributed by atoms with E-state index in [0.29, 0.717) is 0 Å². The molecule has 4 heteroatoms. The minimum atomic E-state index is -0.512. The molecule has 108 valence electrons. The van der Waals surface area contributed by atoms with E-state index in [4.69, 9.17) is 4.42 Å². The number of oxazole rings is 1. The predicted molar refractivity (Wildman–Crippen MR) is 75.0 cm³/mol. The van der Waals surface area contributed by atoms with Crippen LogP contribution in [0.25, 0.3) is 0 Å². The second-order valence-electron chi connectivity index (χ2n) is 6.99. The number of aliphatic hydroxyl groups is 1. The van der Waals surface area contributed by atoms with Crippen LogP contribution in [-0.4, -0.2) is 33.7 Å². The van der Waals surface area contributed by atoms with Gasteiger partial charge in [0.05, 0.1) is 18.3 Å². The van der Waals surface area contributed by atoms with Gasteiger partial charge in [0.1, 0.15) is 5.76 Å². The quantitative estimate of drug-likeness (QED) is 0.894. The average Bonchev–Trinajstić information content (AvgIpc) is 2.67. The maximum Gasteiger partial charge on any atom is 0.208 e. The summed E-state index contributed by atoms with van der Waals surface area (Å²) >= 11 is 0. The first-order chi connectivity index (χ1) is 8.76. The molecule has 0 aromatic carbocycles. The molecule has 1 N–H and O–H groups in total. The third kappa shape index (κ3) is 4.05. The van der Waals surface area contributed by atoms with Crippen molar-refractivity contribution in [3.05, 3.63) is 17.8 Å². The second-order valence-corrected chi connectivity index (χ2v) is 6.99. The molecule has 1 aliphatic rings. The van der Waals surface area contributed by atoms with Crippen LogP contribution in [-0.2, 0) is 12.0 Å². The van der Waals surface area contributed by atoms with E-state index < -0.39 is 5.60 Å². The lowest BCUT2D eigenvalue weighted by Gasteiger charge is -2.21. The van der Waals surface area contributed by atoms with Crippen molar-refractivity contribution in [3.8, 4) is 0 Å². The van der Waals surface area contributed by atoms with E-state index in [1.807, 2.05) is 13.1 Å². The molecule has 0 saturated carbocycles. The zero-order valence-corrected chi connectivity index (χ0v) is 12.6. The lowest BCUT2D eigenvalue weighted by molar-refractivity contribution is 0.0441. The smallest absolute Gasteiger partial charge is 0.208 e. The molecule has 4 nitrogen and oxygen atoms in total. The fourth-order valence-corrected chi connectivity index (χ4v) is 2.40. The highest BCUT2D eigenvalue weighted by molar-refractivity contribution is 5.06. The highest BCUT2D eigenvalue weighted by Crippen LogP contribution is 2.25. The Morgan fingerprint density at radius 2 is 2.11 bits per heavy atom. The first-order valence-corrected chi connectivity index (χ1v) is 7.16. The summed E-state index contributed by atoms with van der Waals surface area (Å²) < 4.78 is 5.83. The Labute approximate surface area is 115 Å². The molecule has 1 aromatic heterocycles. The number of nitrogens with zero attached hydrogens (tertiary/aromatic N) is 2. The normalized spacial score (nSPS) is 26.4. The molecule has 1 saturated heterocycles. The minimum Gasteiger partial charge on any atom is -0.444 e. The topological polar surface area (TPSA) is 49.5 Å². The Morgan fingerprint density at radius 3 is 2.74 bits per heavy atom. The summed E-state index contributed by atoms with van der Waals surface area (Å²) in [6, 6.07) is 0. The highest BCUT2D eigenvalue weighted by atomic mass is 16.4. The van der Waals surface area contributed by atoms with Crippen LogP contribution < -0.4 is 0 Å². The van der Waals surface area contributed by atoms with Gasteiger partial charge in [0.2, 0.25) is 5.89 Å². The fourth-order valence-electron chi connectivity index (χ4n) is 2.40. The lowest BCUT2D eigenvalue weighted by atomic mass is 9.94. The van der Waals surface area contributed by atoms with Crippen LogP contribution in [0.3, 0.4) is 0 Å². The van der Waals surface area contributed by atoms with Gasteiger partial charge in [0.25, 0.3) is 0 Å². The van der Waals surface area contributed by atoms with E-state index in [2.05, 4.69) is 30.7 Å². The molecule has 1 fully saturated rings. The van der Waals surface area contributed by atoms with Gasteiger partial charge in [-0.05, 0) is 32.7 Å². The maximum atomic E-state index is 10.1. The Morgan fingerprint density at radius 1 is 1.37 bits per heavy atom. The molecule has 19 heavy (non-hydrogen) atoms. The van der Waals surface area contributed by atoms with Gasteiger partial charge >= 0.3 is 0 Å².